The van der Waals surface area contributed by atoms with Gasteiger partial charge in [-0.25, -0.2) is 0 Å². The Bertz CT molecular complexity index is 80.1. The summed E-state index contributed by atoms with van der Waals surface area (Å²) in [5.74, 6) is 1.24. The molecule has 1 aliphatic heterocycles. The summed E-state index contributed by atoms with van der Waals surface area (Å²) >= 11 is 1.89. The van der Waals surface area contributed by atoms with Gasteiger partial charge in [0.2, 0.25) is 0 Å². The van der Waals surface area contributed by atoms with Crippen molar-refractivity contribution in [3.05, 3.63) is 11.1 Å². The van der Waals surface area contributed by atoms with E-state index >= 15 is 0 Å². The van der Waals surface area contributed by atoms with Gasteiger partial charge in [-0.1, -0.05) is 6.08 Å². The van der Waals surface area contributed by atoms with Crippen molar-refractivity contribution >= 4 is 11.8 Å². The van der Waals surface area contributed by atoms with Gasteiger partial charge in [-0.2, -0.15) is 0 Å². The van der Waals surface area contributed by atoms with Gasteiger partial charge < -0.3 is 5.32 Å². The summed E-state index contributed by atoms with van der Waals surface area (Å²) in [6.45, 7) is 3.20. The summed E-state index contributed by atoms with van der Waals surface area (Å²) in [5.41, 5.74) is 0. The van der Waals surface area contributed by atoms with Gasteiger partial charge in [0.1, 0.15) is 0 Å². The molecule has 1 nitrogen and oxygen atoms in total. The first-order valence-corrected chi connectivity index (χ1v) is 3.45. The summed E-state index contributed by atoms with van der Waals surface area (Å²) < 4.78 is 0. The van der Waals surface area contributed by atoms with Crippen LogP contribution in [0.3, 0.4) is 0 Å². The highest BCUT2D eigenvalue weighted by Gasteiger charge is 2.01. The fourth-order valence-electron chi connectivity index (χ4n) is 0.572. The fourth-order valence-corrected chi connectivity index (χ4v) is 1.37. The van der Waals surface area contributed by atoms with Gasteiger partial charge >= 0.3 is 0 Å². The maximum Gasteiger partial charge on any atom is 0.0638 e. The first-order valence-electron chi connectivity index (χ1n) is 2.46. The summed E-state index contributed by atoms with van der Waals surface area (Å²) in [4.78, 5) is 0. The quantitative estimate of drug-likeness (QED) is 0.509. The highest BCUT2D eigenvalue weighted by atomic mass is 32.2. The van der Waals surface area contributed by atoms with Crippen LogP contribution in [0.25, 0.3) is 0 Å². The van der Waals surface area contributed by atoms with E-state index in [0.29, 0.717) is 0 Å². The van der Waals surface area contributed by atoms with Crippen LogP contribution >= 0.6 is 11.8 Å². The van der Waals surface area contributed by atoms with Gasteiger partial charge in [0.25, 0.3) is 0 Å². The maximum absolute atomic E-state index is 3.23. The molecule has 1 fully saturated rings. The Morgan fingerprint density at radius 1 is 1.86 bits per heavy atom. The summed E-state index contributed by atoms with van der Waals surface area (Å²) in [7, 11) is 0. The zero-order valence-corrected chi connectivity index (χ0v) is 5.22. The van der Waals surface area contributed by atoms with E-state index in [-0.39, 0.29) is 0 Å². The standard InChI is InChI=1S/C5H9NS/c1-2-5-6-3-4-7-5/h2,6H,3-4H2,1H3. The third-order valence-corrected chi connectivity index (χ3v) is 2.02. The molecule has 0 aromatic rings. The van der Waals surface area contributed by atoms with Crippen molar-refractivity contribution in [3.8, 4) is 0 Å². The van der Waals surface area contributed by atoms with Crippen LogP contribution in [-0.2, 0) is 0 Å². The van der Waals surface area contributed by atoms with Crippen LogP contribution < -0.4 is 5.32 Å². The minimum atomic E-state index is 1.14. The van der Waals surface area contributed by atoms with Crippen LogP contribution in [0.15, 0.2) is 11.1 Å². The number of thioether (sulfide) groups is 1. The van der Waals surface area contributed by atoms with E-state index in [9.17, 15) is 0 Å². The molecular formula is C5H9NS. The van der Waals surface area contributed by atoms with Crippen molar-refractivity contribution in [2.24, 2.45) is 0 Å². The van der Waals surface area contributed by atoms with E-state index in [1.807, 2.05) is 11.8 Å². The zero-order chi connectivity index (χ0) is 5.11. The smallest absolute Gasteiger partial charge is 0.0638 e. The largest absolute Gasteiger partial charge is 0.379 e. The van der Waals surface area contributed by atoms with Crippen LogP contribution in [-0.4, -0.2) is 12.3 Å². The molecule has 0 bridgehead atoms. The summed E-state index contributed by atoms with van der Waals surface area (Å²) in [5, 5.41) is 4.56. The summed E-state index contributed by atoms with van der Waals surface area (Å²) in [6.07, 6.45) is 2.11. The molecule has 1 N–H and O–H groups in total. The second-order valence-electron chi connectivity index (χ2n) is 1.43. The predicted molar refractivity (Wildman–Crippen MR) is 34.2 cm³/mol. The second kappa shape index (κ2) is 2.26. The molecule has 0 saturated carbocycles. The van der Waals surface area contributed by atoms with Crippen molar-refractivity contribution in [1.82, 2.24) is 5.32 Å². The Morgan fingerprint density at radius 2 is 2.71 bits per heavy atom. The van der Waals surface area contributed by atoms with Gasteiger partial charge in [0.05, 0.1) is 5.03 Å². The third-order valence-electron chi connectivity index (χ3n) is 0.921. The lowest BCUT2D eigenvalue weighted by atomic mass is 10.6. The molecule has 0 aromatic carbocycles. The lowest BCUT2D eigenvalue weighted by molar-refractivity contribution is 0.945. The van der Waals surface area contributed by atoms with Gasteiger partial charge in [-0.15, -0.1) is 11.8 Å². The molecule has 0 radical (unpaired) electrons. The molecule has 7 heavy (non-hydrogen) atoms. The first kappa shape index (κ1) is 5.04. The van der Waals surface area contributed by atoms with Gasteiger partial charge in [0.15, 0.2) is 0 Å². The lowest BCUT2D eigenvalue weighted by Crippen LogP contribution is -2.03. The molecule has 0 spiro atoms. The van der Waals surface area contributed by atoms with Crippen molar-refractivity contribution in [1.29, 1.82) is 0 Å². The van der Waals surface area contributed by atoms with Gasteiger partial charge in [0, 0.05) is 12.3 Å². The molecule has 1 aliphatic rings. The zero-order valence-electron chi connectivity index (χ0n) is 4.40. The SMILES string of the molecule is CC=C1NCCS1. The average molecular weight is 115 g/mol. The minimum absolute atomic E-state index is 1.14. The molecule has 0 unspecified atom stereocenters. The minimum Gasteiger partial charge on any atom is -0.379 e. The maximum atomic E-state index is 3.23. The normalized spacial score (nSPS) is 25.6. The topological polar surface area (TPSA) is 12.0 Å². The van der Waals surface area contributed by atoms with Crippen molar-refractivity contribution in [2.45, 2.75) is 6.92 Å². The number of allylic oxidation sites excluding steroid dienone is 1. The Labute approximate surface area is 48.2 Å². The average Bonchev–Trinajstić information content (AvgIpc) is 2.14. The molecule has 0 aromatic heterocycles. The molecule has 0 aliphatic carbocycles. The fraction of sp³-hybridized carbons (Fsp3) is 0.600. The van der Waals surface area contributed by atoms with E-state index in [4.69, 9.17) is 0 Å². The van der Waals surface area contributed by atoms with Gasteiger partial charge in [-0.05, 0) is 6.92 Å². The molecular weight excluding hydrogens is 106 g/mol. The number of rotatable bonds is 0. The first-order chi connectivity index (χ1) is 3.43. The van der Waals surface area contributed by atoms with Crippen LogP contribution in [0.2, 0.25) is 0 Å². The molecule has 0 amide bonds. The van der Waals surface area contributed by atoms with E-state index in [0.717, 1.165) is 6.54 Å². The van der Waals surface area contributed by atoms with Gasteiger partial charge in [-0.3, -0.25) is 0 Å². The molecule has 2 heteroatoms. The Hall–Kier alpha value is -0.110. The second-order valence-corrected chi connectivity index (χ2v) is 2.56. The lowest BCUT2D eigenvalue weighted by Gasteiger charge is -1.89. The molecule has 1 saturated heterocycles. The van der Waals surface area contributed by atoms with E-state index < -0.39 is 0 Å². The van der Waals surface area contributed by atoms with Crippen molar-refractivity contribution in [3.63, 3.8) is 0 Å². The van der Waals surface area contributed by atoms with Crippen molar-refractivity contribution < 1.29 is 0 Å². The Kier molecular flexibility index (Phi) is 1.63. The predicted octanol–water partition coefficient (Wildman–Crippen LogP) is 1.18. The molecule has 0 atom stereocenters. The molecule has 1 rings (SSSR count). The van der Waals surface area contributed by atoms with Crippen LogP contribution in [0.4, 0.5) is 0 Å². The van der Waals surface area contributed by atoms with Crippen LogP contribution in [0.1, 0.15) is 6.92 Å². The molecule has 1 heterocycles. The van der Waals surface area contributed by atoms with E-state index in [2.05, 4.69) is 18.3 Å². The highest BCUT2D eigenvalue weighted by Crippen LogP contribution is 2.16. The van der Waals surface area contributed by atoms with Crippen LogP contribution in [0, 0.1) is 0 Å². The van der Waals surface area contributed by atoms with E-state index in [1.54, 1.807) is 0 Å². The monoisotopic (exact) mass is 115 g/mol. The number of nitrogens with one attached hydrogen (secondary N) is 1. The van der Waals surface area contributed by atoms with Crippen molar-refractivity contribution in [2.75, 3.05) is 12.3 Å². The Balaban J connectivity index is 2.41. The molecule has 40 valence electrons. The number of hydrogen-bond acceptors (Lipinski definition) is 2. The number of hydrogen-bond donors (Lipinski definition) is 1. The van der Waals surface area contributed by atoms with Crippen LogP contribution in [0.5, 0.6) is 0 Å². The van der Waals surface area contributed by atoms with E-state index in [1.165, 1.54) is 10.8 Å². The highest BCUT2D eigenvalue weighted by molar-refractivity contribution is 8.03. The summed E-state index contributed by atoms with van der Waals surface area (Å²) in [6, 6.07) is 0. The Morgan fingerprint density at radius 3 is 3.00 bits per heavy atom. The third kappa shape index (κ3) is 1.13.